The summed E-state index contributed by atoms with van der Waals surface area (Å²) in [6.45, 7) is 5.92. The monoisotopic (exact) mass is 160 g/mol. The summed E-state index contributed by atoms with van der Waals surface area (Å²) < 4.78 is 0. The molecule has 1 rings (SSSR count). The highest BCUT2D eigenvalue weighted by molar-refractivity contribution is 7.79. The highest BCUT2D eigenvalue weighted by atomic mass is 32.1. The van der Waals surface area contributed by atoms with E-state index in [4.69, 9.17) is 0 Å². The van der Waals surface area contributed by atoms with Crippen molar-refractivity contribution in [1.29, 1.82) is 0 Å². The second kappa shape index (κ2) is 11.4. The number of imidazole rings is 1. The summed E-state index contributed by atoms with van der Waals surface area (Å²) in [4.78, 5) is 6.75. The molecule has 2 nitrogen and oxygen atoms in total. The summed E-state index contributed by atoms with van der Waals surface area (Å²) in [6.07, 6.45) is 5.23. The maximum absolute atomic E-state index is 3.86. The van der Waals surface area contributed by atoms with Crippen molar-refractivity contribution in [3.63, 3.8) is 0 Å². The molecule has 3 heteroatoms. The summed E-state index contributed by atoms with van der Waals surface area (Å²) in [6, 6.07) is 0. The number of aryl methyl sites for hydroxylation is 1. The zero-order valence-electron chi connectivity index (χ0n) is 7.05. The van der Waals surface area contributed by atoms with Crippen LogP contribution in [0.5, 0.6) is 0 Å². The number of thiol groups is 1. The molecule has 1 heterocycles. The highest BCUT2D eigenvalue weighted by Gasteiger charge is 1.73. The fourth-order valence-corrected chi connectivity index (χ4v) is 0.344. The van der Waals surface area contributed by atoms with Crippen molar-refractivity contribution in [2.24, 2.45) is 0 Å². The average Bonchev–Trinajstić information content (AvgIpc) is 2.48. The zero-order valence-corrected chi connectivity index (χ0v) is 7.94. The van der Waals surface area contributed by atoms with Crippen molar-refractivity contribution < 1.29 is 0 Å². The molecule has 0 aliphatic carbocycles. The van der Waals surface area contributed by atoms with Gasteiger partial charge in [0.25, 0.3) is 0 Å². The number of hydrogen-bond donors (Lipinski definition) is 2. The van der Waals surface area contributed by atoms with Crippen LogP contribution in [0, 0.1) is 6.92 Å². The van der Waals surface area contributed by atoms with E-state index in [2.05, 4.69) is 22.6 Å². The lowest BCUT2D eigenvalue weighted by atomic mass is 10.8. The first-order chi connectivity index (χ1) is 4.89. The van der Waals surface area contributed by atoms with Gasteiger partial charge in [0.2, 0.25) is 0 Å². The average molecular weight is 160 g/mol. The molecule has 60 valence electrons. The maximum Gasteiger partial charge on any atom is 0.102 e. The summed E-state index contributed by atoms with van der Waals surface area (Å²) >= 11 is 3.53. The van der Waals surface area contributed by atoms with E-state index in [9.17, 15) is 0 Å². The van der Waals surface area contributed by atoms with E-state index in [-0.39, 0.29) is 0 Å². The largest absolute Gasteiger partial charge is 0.349 e. The number of aromatic nitrogens is 2. The zero-order chi connectivity index (χ0) is 8.41. The number of nitrogens with one attached hydrogen (secondary N) is 1. The molecule has 0 radical (unpaired) electrons. The Hall–Kier alpha value is -0.440. The smallest absolute Gasteiger partial charge is 0.102 e. The summed E-state index contributed by atoms with van der Waals surface area (Å²) in [5.41, 5.74) is 0. The second-order valence-electron chi connectivity index (χ2n) is 1.17. The van der Waals surface area contributed by atoms with Crippen molar-refractivity contribution in [1.82, 2.24) is 9.97 Å². The third kappa shape index (κ3) is 7.56. The van der Waals surface area contributed by atoms with E-state index >= 15 is 0 Å². The van der Waals surface area contributed by atoms with E-state index < -0.39 is 0 Å². The van der Waals surface area contributed by atoms with E-state index in [0.717, 1.165) is 5.82 Å². The number of rotatable bonds is 0. The number of hydrogen-bond acceptors (Lipinski definition) is 2. The fourth-order valence-electron chi connectivity index (χ4n) is 0.344. The number of aromatic amines is 1. The molecule has 0 fully saturated rings. The Morgan fingerprint density at radius 1 is 1.40 bits per heavy atom. The SMILES string of the molecule is CC.CS.Cc1ncc[nH]1. The van der Waals surface area contributed by atoms with Crippen LogP contribution in [-0.2, 0) is 0 Å². The quantitative estimate of drug-likeness (QED) is 0.560. The van der Waals surface area contributed by atoms with Crippen molar-refractivity contribution in [3.8, 4) is 0 Å². The van der Waals surface area contributed by atoms with Gasteiger partial charge in [-0.3, -0.25) is 0 Å². The Bertz CT molecular complexity index is 115. The molecule has 0 bridgehead atoms. The van der Waals surface area contributed by atoms with Crippen LogP contribution in [0.25, 0.3) is 0 Å². The third-order valence-corrected chi connectivity index (χ3v) is 0.635. The first-order valence-corrected chi connectivity index (χ1v) is 4.20. The maximum atomic E-state index is 3.86. The van der Waals surface area contributed by atoms with Crippen LogP contribution < -0.4 is 0 Å². The Labute approximate surface area is 68.5 Å². The Kier molecular flexibility index (Phi) is 13.9. The Balaban J connectivity index is 0. The molecule has 0 saturated heterocycles. The van der Waals surface area contributed by atoms with Crippen LogP contribution in [0.2, 0.25) is 0 Å². The molecule has 1 N–H and O–H groups in total. The van der Waals surface area contributed by atoms with E-state index in [1.807, 2.05) is 20.8 Å². The molecule has 1 aromatic rings. The van der Waals surface area contributed by atoms with Crippen molar-refractivity contribution >= 4 is 12.6 Å². The van der Waals surface area contributed by atoms with Gasteiger partial charge < -0.3 is 4.98 Å². The van der Waals surface area contributed by atoms with E-state index in [1.54, 1.807) is 18.6 Å². The van der Waals surface area contributed by atoms with Crippen molar-refractivity contribution in [2.45, 2.75) is 20.8 Å². The standard InChI is InChI=1S/C4H6N2.C2H6.CH4S/c1-4-5-2-3-6-4;2*1-2/h2-3H,1H3,(H,5,6);1-2H3;2H,1H3. The number of nitrogens with zero attached hydrogens (tertiary/aromatic N) is 1. The summed E-state index contributed by atoms with van der Waals surface area (Å²) in [5, 5.41) is 0. The molecule has 0 aliphatic heterocycles. The molecule has 0 saturated carbocycles. The van der Waals surface area contributed by atoms with Crippen LogP contribution in [0.15, 0.2) is 12.4 Å². The lowest BCUT2D eigenvalue weighted by Gasteiger charge is -1.68. The van der Waals surface area contributed by atoms with Crippen LogP contribution in [-0.4, -0.2) is 16.2 Å². The second-order valence-corrected chi connectivity index (χ2v) is 1.17. The topological polar surface area (TPSA) is 28.7 Å². The first kappa shape index (κ1) is 12.3. The van der Waals surface area contributed by atoms with Gasteiger partial charge in [0.15, 0.2) is 0 Å². The van der Waals surface area contributed by atoms with Crippen LogP contribution in [0.1, 0.15) is 19.7 Å². The van der Waals surface area contributed by atoms with E-state index in [0.29, 0.717) is 0 Å². The Morgan fingerprint density at radius 3 is 2.00 bits per heavy atom. The molecule has 0 amide bonds. The molecule has 0 atom stereocenters. The van der Waals surface area contributed by atoms with Crippen molar-refractivity contribution in [3.05, 3.63) is 18.2 Å². The summed E-state index contributed by atoms with van der Waals surface area (Å²) in [7, 11) is 0. The van der Waals surface area contributed by atoms with Gasteiger partial charge in [-0.2, -0.15) is 12.6 Å². The molecular formula is C7H16N2S. The van der Waals surface area contributed by atoms with Gasteiger partial charge in [-0.1, -0.05) is 13.8 Å². The lowest BCUT2D eigenvalue weighted by Crippen LogP contribution is -1.66. The van der Waals surface area contributed by atoms with Crippen LogP contribution in [0.3, 0.4) is 0 Å². The van der Waals surface area contributed by atoms with Gasteiger partial charge in [-0.15, -0.1) is 0 Å². The molecule has 10 heavy (non-hydrogen) atoms. The molecular weight excluding hydrogens is 144 g/mol. The molecule has 0 aliphatic rings. The number of H-pyrrole nitrogens is 1. The van der Waals surface area contributed by atoms with Gasteiger partial charge in [0, 0.05) is 12.4 Å². The van der Waals surface area contributed by atoms with Crippen molar-refractivity contribution in [2.75, 3.05) is 6.26 Å². The molecule has 1 aromatic heterocycles. The van der Waals surface area contributed by atoms with Gasteiger partial charge in [0.1, 0.15) is 5.82 Å². The van der Waals surface area contributed by atoms with Gasteiger partial charge in [-0.25, -0.2) is 4.98 Å². The minimum absolute atomic E-state index is 0.968. The predicted molar refractivity (Wildman–Crippen MR) is 49.6 cm³/mol. The fraction of sp³-hybridized carbons (Fsp3) is 0.571. The molecule has 0 unspecified atom stereocenters. The molecule has 0 spiro atoms. The van der Waals surface area contributed by atoms with Gasteiger partial charge in [0.05, 0.1) is 0 Å². The third-order valence-electron chi connectivity index (χ3n) is 0.635. The van der Waals surface area contributed by atoms with E-state index in [1.165, 1.54) is 0 Å². The first-order valence-electron chi connectivity index (χ1n) is 3.30. The van der Waals surface area contributed by atoms with Gasteiger partial charge in [-0.05, 0) is 13.2 Å². The predicted octanol–water partition coefficient (Wildman–Crippen LogP) is 2.29. The van der Waals surface area contributed by atoms with Crippen LogP contribution in [0.4, 0.5) is 0 Å². The van der Waals surface area contributed by atoms with Gasteiger partial charge >= 0.3 is 0 Å². The normalized spacial score (nSPS) is 6.50. The minimum atomic E-state index is 0.968. The Morgan fingerprint density at radius 2 is 1.90 bits per heavy atom. The van der Waals surface area contributed by atoms with Crippen LogP contribution >= 0.6 is 12.6 Å². The minimum Gasteiger partial charge on any atom is -0.349 e. The highest BCUT2D eigenvalue weighted by Crippen LogP contribution is 1.78. The lowest BCUT2D eigenvalue weighted by molar-refractivity contribution is 1.15. The summed E-state index contributed by atoms with van der Waals surface area (Å²) in [5.74, 6) is 0.968. The molecule has 0 aromatic carbocycles.